The van der Waals surface area contributed by atoms with E-state index in [2.05, 4.69) is 33.1 Å². The fraction of sp³-hybridized carbons (Fsp3) is 0.273. The molecule has 7 nitrogen and oxygen atoms in total. The number of rotatable bonds is 6. The van der Waals surface area contributed by atoms with Gasteiger partial charge in [-0.2, -0.15) is 5.10 Å². The van der Waals surface area contributed by atoms with Gasteiger partial charge in [-0.05, 0) is 58.2 Å². The first-order valence-corrected chi connectivity index (χ1v) is 11.0. The molecule has 3 N–H and O–H groups in total. The van der Waals surface area contributed by atoms with Crippen LogP contribution < -0.4 is 4.74 Å². The first kappa shape index (κ1) is 21.5. The van der Waals surface area contributed by atoms with Crippen molar-refractivity contribution in [1.29, 1.82) is 0 Å². The summed E-state index contributed by atoms with van der Waals surface area (Å²) in [5.41, 5.74) is 2.66. The van der Waals surface area contributed by atoms with Gasteiger partial charge in [-0.25, -0.2) is 0 Å². The largest absolute Gasteiger partial charge is 0.507 e. The molecule has 2 aromatic carbocycles. The molecule has 4 rings (SSSR count). The highest BCUT2D eigenvalue weighted by Crippen LogP contribution is 2.47. The number of hydrogen-bond donors (Lipinski definition) is 3. The molecule has 0 fully saturated rings. The van der Waals surface area contributed by atoms with Crippen molar-refractivity contribution in [2.75, 3.05) is 13.7 Å². The summed E-state index contributed by atoms with van der Waals surface area (Å²) in [5.74, 6) is 0.116. The SMILES string of the molecule is CCCCN1C(=O)c2[nH]nc(-c3cc(Cl)ccc3O)c2C1c1cc(Br)c(O)c(OC)c1. The van der Waals surface area contributed by atoms with Crippen molar-refractivity contribution in [2.24, 2.45) is 0 Å². The van der Waals surface area contributed by atoms with Gasteiger partial charge in [-0.1, -0.05) is 24.9 Å². The van der Waals surface area contributed by atoms with Crippen LogP contribution in [0.3, 0.4) is 0 Å². The number of benzene rings is 2. The quantitative estimate of drug-likeness (QED) is 0.424. The van der Waals surface area contributed by atoms with Gasteiger partial charge in [0, 0.05) is 22.7 Å². The van der Waals surface area contributed by atoms with Gasteiger partial charge in [-0.15, -0.1) is 0 Å². The second kappa shape index (κ2) is 8.43. The Balaban J connectivity index is 1.94. The molecule has 3 aromatic rings. The lowest BCUT2D eigenvalue weighted by molar-refractivity contribution is 0.0741. The number of carbonyl (C=O) groups is 1. The molecule has 0 radical (unpaired) electrons. The molecule has 0 spiro atoms. The number of nitrogens with one attached hydrogen (secondary N) is 1. The summed E-state index contributed by atoms with van der Waals surface area (Å²) in [6.45, 7) is 2.61. The maximum Gasteiger partial charge on any atom is 0.273 e. The van der Waals surface area contributed by atoms with Crippen molar-refractivity contribution in [3.8, 4) is 28.5 Å². The second-order valence-corrected chi connectivity index (χ2v) is 8.62. The Kier molecular flexibility index (Phi) is 5.85. The number of methoxy groups -OCH3 is 1. The highest BCUT2D eigenvalue weighted by Gasteiger charge is 2.42. The topological polar surface area (TPSA) is 98.7 Å². The molecule has 1 unspecified atom stereocenters. The van der Waals surface area contributed by atoms with Gasteiger partial charge in [0.1, 0.15) is 17.1 Å². The Bertz CT molecular complexity index is 1160. The molecule has 9 heteroatoms. The molecule has 1 atom stereocenters. The van der Waals surface area contributed by atoms with E-state index in [-0.39, 0.29) is 23.2 Å². The smallest absolute Gasteiger partial charge is 0.273 e. The fourth-order valence-electron chi connectivity index (χ4n) is 3.91. The summed E-state index contributed by atoms with van der Waals surface area (Å²) < 4.78 is 5.78. The number of nitrogens with zero attached hydrogens (tertiary/aromatic N) is 2. The third-order valence-electron chi connectivity index (χ3n) is 5.42. The molecule has 0 saturated carbocycles. The predicted molar refractivity (Wildman–Crippen MR) is 121 cm³/mol. The van der Waals surface area contributed by atoms with Crippen molar-refractivity contribution >= 4 is 33.4 Å². The van der Waals surface area contributed by atoms with Crippen molar-refractivity contribution in [3.05, 3.63) is 56.6 Å². The number of aromatic nitrogens is 2. The van der Waals surface area contributed by atoms with Crippen LogP contribution in [0.15, 0.2) is 34.8 Å². The predicted octanol–water partition coefficient (Wildman–Crippen LogP) is 5.26. The number of halogens is 2. The monoisotopic (exact) mass is 505 g/mol. The van der Waals surface area contributed by atoms with Crippen molar-refractivity contribution < 1.29 is 19.7 Å². The fourth-order valence-corrected chi connectivity index (χ4v) is 4.54. The van der Waals surface area contributed by atoms with Crippen LogP contribution in [0.1, 0.15) is 47.4 Å². The summed E-state index contributed by atoms with van der Waals surface area (Å²) in [6.07, 6.45) is 1.75. The molecule has 1 amide bonds. The van der Waals surface area contributed by atoms with Crippen LogP contribution in [0.4, 0.5) is 0 Å². The lowest BCUT2D eigenvalue weighted by atomic mass is 9.95. The van der Waals surface area contributed by atoms with Gasteiger partial charge in [0.2, 0.25) is 0 Å². The minimum atomic E-state index is -0.480. The second-order valence-electron chi connectivity index (χ2n) is 7.33. The number of aromatic amines is 1. The maximum atomic E-state index is 13.3. The van der Waals surface area contributed by atoms with E-state index in [1.165, 1.54) is 13.2 Å². The minimum Gasteiger partial charge on any atom is -0.507 e. The summed E-state index contributed by atoms with van der Waals surface area (Å²) in [5, 5.41) is 28.4. The number of aromatic hydroxyl groups is 2. The standard InChI is InChI=1S/C22H21BrClN3O4/c1-3-4-7-27-20(11-8-14(23)21(29)16(9-11)31-2)17-18(25-26-19(17)22(27)30)13-10-12(24)5-6-15(13)28/h5-6,8-10,20,28-29H,3-4,7H2,1-2H3,(H,25,26). The van der Waals surface area contributed by atoms with Crippen LogP contribution in [0.25, 0.3) is 11.3 Å². The first-order valence-electron chi connectivity index (χ1n) is 9.81. The van der Waals surface area contributed by atoms with E-state index in [1.807, 2.05) is 0 Å². The highest BCUT2D eigenvalue weighted by atomic mass is 79.9. The number of hydrogen-bond acceptors (Lipinski definition) is 5. The van der Waals surface area contributed by atoms with E-state index >= 15 is 0 Å². The van der Waals surface area contributed by atoms with Crippen molar-refractivity contribution in [3.63, 3.8) is 0 Å². The number of amides is 1. The maximum absolute atomic E-state index is 13.3. The van der Waals surface area contributed by atoms with Crippen LogP contribution in [-0.2, 0) is 0 Å². The Morgan fingerprint density at radius 1 is 1.29 bits per heavy atom. The molecule has 2 heterocycles. The number of ether oxygens (including phenoxy) is 1. The Morgan fingerprint density at radius 3 is 2.77 bits per heavy atom. The summed E-state index contributed by atoms with van der Waals surface area (Å²) in [4.78, 5) is 15.0. The molecular formula is C22H21BrClN3O4. The molecule has 1 aliphatic heterocycles. The Labute approximate surface area is 192 Å². The summed E-state index contributed by atoms with van der Waals surface area (Å²) in [6, 6.07) is 7.70. The molecule has 0 aliphatic carbocycles. The van der Waals surface area contributed by atoms with Gasteiger partial charge in [-0.3, -0.25) is 9.89 Å². The number of H-pyrrole nitrogens is 1. The third kappa shape index (κ3) is 3.64. The van der Waals surface area contributed by atoms with Gasteiger partial charge in [0.05, 0.1) is 17.6 Å². The zero-order valence-corrected chi connectivity index (χ0v) is 19.3. The average molecular weight is 507 g/mol. The van der Waals surface area contributed by atoms with E-state index in [4.69, 9.17) is 16.3 Å². The zero-order chi connectivity index (χ0) is 22.3. The summed E-state index contributed by atoms with van der Waals surface area (Å²) >= 11 is 9.54. The number of fused-ring (bicyclic) bond motifs is 1. The van der Waals surface area contributed by atoms with Gasteiger partial charge in [0.25, 0.3) is 5.91 Å². The molecule has 31 heavy (non-hydrogen) atoms. The van der Waals surface area contributed by atoms with E-state index in [0.717, 1.165) is 18.4 Å². The third-order valence-corrected chi connectivity index (χ3v) is 6.26. The van der Waals surface area contributed by atoms with E-state index in [0.29, 0.717) is 38.6 Å². The molecular weight excluding hydrogens is 486 g/mol. The average Bonchev–Trinajstić information content (AvgIpc) is 3.29. The molecule has 0 bridgehead atoms. The lowest BCUT2D eigenvalue weighted by Crippen LogP contribution is -2.30. The minimum absolute atomic E-state index is 0.0152. The van der Waals surface area contributed by atoms with Crippen LogP contribution in [0.2, 0.25) is 5.02 Å². The lowest BCUT2D eigenvalue weighted by Gasteiger charge is -2.27. The molecule has 162 valence electrons. The number of phenolic OH excluding ortho intramolecular Hbond substituents is 2. The molecule has 1 aliphatic rings. The Morgan fingerprint density at radius 2 is 2.06 bits per heavy atom. The van der Waals surface area contributed by atoms with Crippen molar-refractivity contribution in [1.82, 2.24) is 15.1 Å². The van der Waals surface area contributed by atoms with E-state index < -0.39 is 6.04 Å². The van der Waals surface area contributed by atoms with Gasteiger partial charge < -0.3 is 19.8 Å². The Hall–Kier alpha value is -2.71. The number of unbranched alkanes of at least 4 members (excludes halogenated alkanes) is 1. The number of phenols is 2. The van der Waals surface area contributed by atoms with Crippen LogP contribution in [0, 0.1) is 0 Å². The zero-order valence-electron chi connectivity index (χ0n) is 16.9. The summed E-state index contributed by atoms with van der Waals surface area (Å²) in [7, 11) is 1.47. The first-order chi connectivity index (χ1) is 14.9. The van der Waals surface area contributed by atoms with Crippen LogP contribution in [-0.4, -0.2) is 44.9 Å². The van der Waals surface area contributed by atoms with Crippen LogP contribution >= 0.6 is 27.5 Å². The molecule has 1 aromatic heterocycles. The van der Waals surface area contributed by atoms with Crippen LogP contribution in [0.5, 0.6) is 17.2 Å². The van der Waals surface area contributed by atoms with Gasteiger partial charge >= 0.3 is 0 Å². The van der Waals surface area contributed by atoms with E-state index in [9.17, 15) is 15.0 Å². The normalized spacial score (nSPS) is 15.4. The van der Waals surface area contributed by atoms with Crippen molar-refractivity contribution in [2.45, 2.75) is 25.8 Å². The van der Waals surface area contributed by atoms with Gasteiger partial charge in [0.15, 0.2) is 11.5 Å². The molecule has 0 saturated heterocycles. The van der Waals surface area contributed by atoms with E-state index in [1.54, 1.807) is 29.2 Å². The highest BCUT2D eigenvalue weighted by molar-refractivity contribution is 9.10. The number of carbonyl (C=O) groups excluding carboxylic acids is 1.